The van der Waals surface area contributed by atoms with Crippen LogP contribution in [0.15, 0.2) is 60.9 Å². The lowest BCUT2D eigenvalue weighted by molar-refractivity contribution is 0.286. The fourth-order valence-corrected chi connectivity index (χ4v) is 4.89. The molecule has 8 heteroatoms. The number of pyridine rings is 1. The van der Waals surface area contributed by atoms with Crippen molar-refractivity contribution in [3.63, 3.8) is 0 Å². The average molecular weight is 474 g/mol. The fraction of sp³-hybridized carbons (Fsp3) is 0.304. The summed E-state index contributed by atoms with van der Waals surface area (Å²) in [6.07, 6.45) is 4.85. The molecule has 0 saturated carbocycles. The van der Waals surface area contributed by atoms with Crippen LogP contribution in [0.3, 0.4) is 0 Å². The molecule has 0 unspecified atom stereocenters. The van der Waals surface area contributed by atoms with Crippen molar-refractivity contribution in [1.29, 1.82) is 0 Å². The summed E-state index contributed by atoms with van der Waals surface area (Å²) in [5.74, 6) is 0. The first-order valence-corrected chi connectivity index (χ1v) is 11.4. The Morgan fingerprint density at radius 3 is 2.68 bits per heavy atom. The Kier molecular flexibility index (Phi) is 6.82. The normalized spacial score (nSPS) is 18.6. The van der Waals surface area contributed by atoms with Crippen LogP contribution in [0, 0.1) is 0 Å². The van der Waals surface area contributed by atoms with Gasteiger partial charge in [0.1, 0.15) is 0 Å². The summed E-state index contributed by atoms with van der Waals surface area (Å²) in [5, 5.41) is 5.48. The molecule has 0 spiro atoms. The van der Waals surface area contributed by atoms with E-state index in [1.165, 1.54) is 0 Å². The summed E-state index contributed by atoms with van der Waals surface area (Å²) in [6.45, 7) is 1.83. The van der Waals surface area contributed by atoms with E-state index in [9.17, 15) is 0 Å². The Morgan fingerprint density at radius 1 is 1.13 bits per heavy atom. The number of rotatable bonds is 7. The van der Waals surface area contributed by atoms with Gasteiger partial charge in [-0.1, -0.05) is 29.3 Å². The zero-order chi connectivity index (χ0) is 22.0. The third-order valence-electron chi connectivity index (χ3n) is 5.45. The molecule has 162 valence electrons. The number of thiocarbonyl (C=S) groups is 1. The van der Waals surface area contributed by atoms with Crippen molar-refractivity contribution in [3.05, 3.63) is 82.4 Å². The van der Waals surface area contributed by atoms with Crippen molar-refractivity contribution in [2.75, 3.05) is 27.2 Å². The molecule has 1 aliphatic heterocycles. The van der Waals surface area contributed by atoms with Crippen LogP contribution in [0.1, 0.15) is 29.9 Å². The summed E-state index contributed by atoms with van der Waals surface area (Å²) < 4.78 is 2.12. The maximum Gasteiger partial charge on any atom is 0.170 e. The first-order valence-electron chi connectivity index (χ1n) is 10.2. The largest absolute Gasteiger partial charge is 0.352 e. The van der Waals surface area contributed by atoms with E-state index in [-0.39, 0.29) is 12.1 Å². The molecule has 0 aliphatic carbocycles. The summed E-state index contributed by atoms with van der Waals surface area (Å²) in [4.78, 5) is 9.08. The maximum atomic E-state index is 6.56. The van der Waals surface area contributed by atoms with Crippen molar-refractivity contribution in [2.45, 2.75) is 18.5 Å². The van der Waals surface area contributed by atoms with E-state index >= 15 is 0 Å². The minimum absolute atomic E-state index is 0.0219. The van der Waals surface area contributed by atoms with Gasteiger partial charge in [-0.3, -0.25) is 4.98 Å². The van der Waals surface area contributed by atoms with Gasteiger partial charge in [0.2, 0.25) is 0 Å². The summed E-state index contributed by atoms with van der Waals surface area (Å²) in [6, 6.07) is 15.6. The Morgan fingerprint density at radius 2 is 1.97 bits per heavy atom. The number of hydrogen-bond donors (Lipinski definition) is 1. The first-order chi connectivity index (χ1) is 15.0. The van der Waals surface area contributed by atoms with E-state index in [1.54, 1.807) is 6.07 Å². The zero-order valence-corrected chi connectivity index (χ0v) is 19.8. The first kappa shape index (κ1) is 22.1. The lowest BCUT2D eigenvalue weighted by Gasteiger charge is -2.29. The second kappa shape index (κ2) is 9.57. The molecule has 2 aromatic heterocycles. The van der Waals surface area contributed by atoms with Gasteiger partial charge in [-0.2, -0.15) is 0 Å². The molecule has 3 aromatic rings. The molecule has 1 N–H and O–H groups in total. The Bertz CT molecular complexity index is 1050. The number of halogens is 2. The van der Waals surface area contributed by atoms with Crippen molar-refractivity contribution in [1.82, 2.24) is 24.7 Å². The fourth-order valence-electron chi connectivity index (χ4n) is 4.06. The highest BCUT2D eigenvalue weighted by molar-refractivity contribution is 7.80. The van der Waals surface area contributed by atoms with E-state index < -0.39 is 0 Å². The van der Waals surface area contributed by atoms with Gasteiger partial charge in [-0.25, -0.2) is 0 Å². The minimum atomic E-state index is -0.0622. The molecule has 31 heavy (non-hydrogen) atoms. The van der Waals surface area contributed by atoms with E-state index in [4.69, 9.17) is 35.4 Å². The molecule has 4 rings (SSSR count). The SMILES string of the molecule is CN(C)CCCN1C(=S)N[C@@H](c2ccccn2)[C@H]1c1cccn1-c1ccc(Cl)cc1Cl. The molecular formula is C23H25Cl2N5S. The van der Waals surface area contributed by atoms with Gasteiger partial charge < -0.3 is 19.7 Å². The van der Waals surface area contributed by atoms with Gasteiger partial charge >= 0.3 is 0 Å². The number of nitrogens with zero attached hydrogens (tertiary/aromatic N) is 4. The lowest BCUT2D eigenvalue weighted by atomic mass is 10.0. The molecule has 1 saturated heterocycles. The molecule has 0 amide bonds. The van der Waals surface area contributed by atoms with Gasteiger partial charge in [0.25, 0.3) is 0 Å². The van der Waals surface area contributed by atoms with E-state index in [2.05, 4.69) is 44.8 Å². The van der Waals surface area contributed by atoms with Crippen molar-refractivity contribution in [3.8, 4) is 5.69 Å². The van der Waals surface area contributed by atoms with Crippen LogP contribution >= 0.6 is 35.4 Å². The predicted octanol–water partition coefficient (Wildman–Crippen LogP) is 5.10. The van der Waals surface area contributed by atoms with Gasteiger partial charge in [0.15, 0.2) is 5.11 Å². The number of aromatic nitrogens is 2. The molecular weight excluding hydrogens is 449 g/mol. The monoisotopic (exact) mass is 473 g/mol. The highest BCUT2D eigenvalue weighted by atomic mass is 35.5. The van der Waals surface area contributed by atoms with Crippen LogP contribution in [0.5, 0.6) is 0 Å². The Hall–Kier alpha value is -2.12. The van der Waals surface area contributed by atoms with Crippen LogP contribution < -0.4 is 5.32 Å². The molecule has 1 fully saturated rings. The third-order valence-corrected chi connectivity index (χ3v) is 6.34. The molecule has 5 nitrogen and oxygen atoms in total. The van der Waals surface area contributed by atoms with Gasteiger partial charge in [0.05, 0.1) is 28.5 Å². The van der Waals surface area contributed by atoms with E-state index in [0.29, 0.717) is 10.0 Å². The van der Waals surface area contributed by atoms with Crippen LogP contribution in [-0.4, -0.2) is 51.6 Å². The molecule has 0 radical (unpaired) electrons. The van der Waals surface area contributed by atoms with Gasteiger partial charge in [0, 0.05) is 29.7 Å². The molecule has 0 bridgehead atoms. The molecule has 1 aliphatic rings. The van der Waals surface area contributed by atoms with Crippen LogP contribution in [0.2, 0.25) is 10.0 Å². The van der Waals surface area contributed by atoms with Crippen LogP contribution in [0.4, 0.5) is 0 Å². The molecule has 1 aromatic carbocycles. The highest BCUT2D eigenvalue weighted by Crippen LogP contribution is 2.40. The second-order valence-electron chi connectivity index (χ2n) is 7.88. The number of hydrogen-bond acceptors (Lipinski definition) is 3. The van der Waals surface area contributed by atoms with Crippen molar-refractivity contribution < 1.29 is 0 Å². The summed E-state index contributed by atoms with van der Waals surface area (Å²) >= 11 is 18.5. The number of benzene rings is 1. The zero-order valence-electron chi connectivity index (χ0n) is 17.5. The Balaban J connectivity index is 1.76. The predicted molar refractivity (Wildman–Crippen MR) is 131 cm³/mol. The maximum absolute atomic E-state index is 6.56. The average Bonchev–Trinajstić information content (AvgIpc) is 3.33. The second-order valence-corrected chi connectivity index (χ2v) is 9.11. The minimum Gasteiger partial charge on any atom is -0.352 e. The van der Waals surface area contributed by atoms with Gasteiger partial charge in [-0.05, 0) is 81.7 Å². The van der Waals surface area contributed by atoms with Crippen molar-refractivity contribution in [2.24, 2.45) is 0 Å². The smallest absolute Gasteiger partial charge is 0.170 e. The van der Waals surface area contributed by atoms with E-state index in [0.717, 1.165) is 41.7 Å². The lowest BCUT2D eigenvalue weighted by Crippen LogP contribution is -2.33. The van der Waals surface area contributed by atoms with Crippen LogP contribution in [-0.2, 0) is 0 Å². The molecule has 2 atom stereocenters. The summed E-state index contributed by atoms with van der Waals surface area (Å²) in [7, 11) is 4.17. The van der Waals surface area contributed by atoms with Crippen molar-refractivity contribution >= 4 is 40.5 Å². The van der Waals surface area contributed by atoms with Gasteiger partial charge in [-0.15, -0.1) is 0 Å². The number of nitrogens with one attached hydrogen (secondary N) is 1. The standard InChI is InChI=1S/C23H25Cl2N5S/c1-28(2)12-6-14-30-22(21(27-23(30)31)18-7-3-4-11-26-18)20-8-5-13-29(20)19-10-9-16(24)15-17(19)25/h3-5,7-11,13,15,21-22H,6,12,14H2,1-2H3,(H,27,31)/t21-,22+/m0/s1. The Labute approximate surface area is 198 Å². The van der Waals surface area contributed by atoms with Crippen LogP contribution in [0.25, 0.3) is 5.69 Å². The quantitative estimate of drug-likeness (QED) is 0.482. The molecule has 3 heterocycles. The summed E-state index contributed by atoms with van der Waals surface area (Å²) in [5.41, 5.74) is 2.94. The highest BCUT2D eigenvalue weighted by Gasteiger charge is 2.41. The van der Waals surface area contributed by atoms with E-state index in [1.807, 2.05) is 48.8 Å². The topological polar surface area (TPSA) is 36.3 Å². The third kappa shape index (κ3) is 4.72.